The molecule has 0 aliphatic carbocycles. The van der Waals surface area contributed by atoms with Gasteiger partial charge in [0, 0.05) is 11.9 Å². The minimum atomic E-state index is -0.515. The van der Waals surface area contributed by atoms with Crippen molar-refractivity contribution in [2.24, 2.45) is 5.92 Å². The summed E-state index contributed by atoms with van der Waals surface area (Å²) in [6.45, 7) is 2.24. The molecular weight excluding hydrogens is 349 g/mol. The third kappa shape index (κ3) is 3.80. The lowest BCUT2D eigenvalue weighted by Gasteiger charge is -2.12. The van der Waals surface area contributed by atoms with Crippen molar-refractivity contribution in [3.05, 3.63) is 45.9 Å². The molecule has 1 aromatic carbocycles. The molecule has 1 amide bonds. The molecule has 0 fully saturated rings. The maximum Gasteiger partial charge on any atom is 0.229 e. The van der Waals surface area contributed by atoms with Crippen LogP contribution in [0.1, 0.15) is 6.92 Å². The van der Waals surface area contributed by atoms with E-state index in [1.54, 1.807) is 24.0 Å². The van der Waals surface area contributed by atoms with E-state index in [2.05, 4.69) is 26.3 Å². The molecule has 0 saturated carbocycles. The van der Waals surface area contributed by atoms with Crippen LogP contribution >= 0.6 is 27.5 Å². The molecule has 4 nitrogen and oxygen atoms in total. The molecular formula is C13H12BrClFN3O. The van der Waals surface area contributed by atoms with Gasteiger partial charge in [-0.05, 0) is 34.1 Å². The first-order chi connectivity index (χ1) is 9.45. The Morgan fingerprint density at radius 2 is 2.35 bits per heavy atom. The van der Waals surface area contributed by atoms with E-state index in [0.717, 1.165) is 4.47 Å². The van der Waals surface area contributed by atoms with Gasteiger partial charge in [-0.3, -0.25) is 9.48 Å². The van der Waals surface area contributed by atoms with E-state index >= 15 is 0 Å². The Kier molecular flexibility index (Phi) is 4.77. The normalized spacial score (nSPS) is 12.2. The Balaban J connectivity index is 1.98. The molecule has 20 heavy (non-hydrogen) atoms. The number of hydrogen-bond donors (Lipinski definition) is 1. The van der Waals surface area contributed by atoms with Gasteiger partial charge in [0.05, 0.1) is 28.2 Å². The van der Waals surface area contributed by atoms with Gasteiger partial charge in [-0.15, -0.1) is 0 Å². The fourth-order valence-corrected chi connectivity index (χ4v) is 2.15. The largest absolute Gasteiger partial charge is 0.326 e. The number of rotatable bonds is 4. The first kappa shape index (κ1) is 15.0. The van der Waals surface area contributed by atoms with Crippen molar-refractivity contribution in [1.82, 2.24) is 9.78 Å². The number of amides is 1. The third-order valence-corrected chi connectivity index (χ3v) is 3.40. The van der Waals surface area contributed by atoms with Crippen molar-refractivity contribution in [3.8, 4) is 0 Å². The summed E-state index contributed by atoms with van der Waals surface area (Å²) >= 11 is 8.96. The van der Waals surface area contributed by atoms with Crippen LogP contribution in [0.4, 0.5) is 10.1 Å². The number of nitrogens with zero attached hydrogens (tertiary/aromatic N) is 2. The van der Waals surface area contributed by atoms with Gasteiger partial charge >= 0.3 is 0 Å². The molecule has 0 unspecified atom stereocenters. The zero-order valence-electron chi connectivity index (χ0n) is 10.6. The first-order valence-corrected chi connectivity index (χ1v) is 7.06. The van der Waals surface area contributed by atoms with Crippen LogP contribution in [0.25, 0.3) is 0 Å². The fourth-order valence-electron chi connectivity index (χ4n) is 1.64. The van der Waals surface area contributed by atoms with Gasteiger partial charge in [0.1, 0.15) is 5.82 Å². The van der Waals surface area contributed by atoms with E-state index in [9.17, 15) is 9.18 Å². The minimum absolute atomic E-state index is 0.0218. The topological polar surface area (TPSA) is 46.9 Å². The second-order valence-corrected chi connectivity index (χ2v) is 5.72. The van der Waals surface area contributed by atoms with E-state index in [-0.39, 0.29) is 16.8 Å². The quantitative estimate of drug-likeness (QED) is 0.903. The number of carbonyl (C=O) groups excluding carboxylic acids is 1. The van der Waals surface area contributed by atoms with Crippen molar-refractivity contribution < 1.29 is 9.18 Å². The van der Waals surface area contributed by atoms with E-state index in [0.29, 0.717) is 12.2 Å². The zero-order valence-corrected chi connectivity index (χ0v) is 12.9. The highest BCUT2D eigenvalue weighted by molar-refractivity contribution is 9.10. The van der Waals surface area contributed by atoms with Crippen LogP contribution < -0.4 is 5.32 Å². The summed E-state index contributed by atoms with van der Waals surface area (Å²) < 4.78 is 15.6. The van der Waals surface area contributed by atoms with Crippen LogP contribution in [0.2, 0.25) is 5.02 Å². The van der Waals surface area contributed by atoms with E-state index in [4.69, 9.17) is 11.6 Å². The van der Waals surface area contributed by atoms with Crippen molar-refractivity contribution in [2.75, 3.05) is 5.32 Å². The number of benzene rings is 1. The number of anilines is 1. The van der Waals surface area contributed by atoms with Gasteiger partial charge in [-0.2, -0.15) is 5.10 Å². The maximum absolute atomic E-state index is 13.0. The molecule has 0 aliphatic heterocycles. The molecule has 0 bridgehead atoms. The Bertz CT molecular complexity index is 632. The first-order valence-electron chi connectivity index (χ1n) is 5.89. The lowest BCUT2D eigenvalue weighted by molar-refractivity contribution is -0.119. The van der Waals surface area contributed by atoms with E-state index in [1.165, 1.54) is 18.2 Å². The number of aromatic nitrogens is 2. The smallest absolute Gasteiger partial charge is 0.229 e. The number of halogens is 3. The van der Waals surface area contributed by atoms with E-state index in [1.807, 2.05) is 0 Å². The molecule has 0 aliphatic rings. The average molecular weight is 361 g/mol. The average Bonchev–Trinajstić information content (AvgIpc) is 2.79. The van der Waals surface area contributed by atoms with Gasteiger partial charge < -0.3 is 5.32 Å². The van der Waals surface area contributed by atoms with Gasteiger partial charge in [-0.1, -0.05) is 18.5 Å². The lowest BCUT2D eigenvalue weighted by Crippen LogP contribution is -2.24. The zero-order chi connectivity index (χ0) is 14.7. The maximum atomic E-state index is 13.0. The standard InChI is InChI=1S/C13H12BrClFN3O/c1-8(6-19-7-9(14)5-17-19)13(20)18-10-2-3-12(16)11(15)4-10/h2-5,7-8H,6H2,1H3,(H,18,20)/t8-/m1/s1. The summed E-state index contributed by atoms with van der Waals surface area (Å²) in [4.78, 5) is 12.0. The Hall–Kier alpha value is -1.40. The molecule has 0 radical (unpaired) electrons. The second-order valence-electron chi connectivity index (χ2n) is 4.40. The number of carbonyl (C=O) groups is 1. The Morgan fingerprint density at radius 3 is 2.95 bits per heavy atom. The predicted molar refractivity (Wildman–Crippen MR) is 79.1 cm³/mol. The van der Waals surface area contributed by atoms with Crippen LogP contribution in [-0.4, -0.2) is 15.7 Å². The van der Waals surface area contributed by atoms with Gasteiger partial charge in [0.2, 0.25) is 5.91 Å². The molecule has 1 heterocycles. The SMILES string of the molecule is C[C@H](Cn1cc(Br)cn1)C(=O)Nc1ccc(F)c(Cl)c1. The lowest BCUT2D eigenvalue weighted by atomic mass is 10.1. The highest BCUT2D eigenvalue weighted by Crippen LogP contribution is 2.20. The third-order valence-electron chi connectivity index (χ3n) is 2.70. The van der Waals surface area contributed by atoms with Crippen LogP contribution in [-0.2, 0) is 11.3 Å². The van der Waals surface area contributed by atoms with Crippen molar-refractivity contribution in [2.45, 2.75) is 13.5 Å². The predicted octanol–water partition coefficient (Wildman–Crippen LogP) is 3.71. The number of hydrogen-bond acceptors (Lipinski definition) is 2. The molecule has 0 saturated heterocycles. The molecule has 106 valence electrons. The van der Waals surface area contributed by atoms with Gasteiger partial charge in [-0.25, -0.2) is 4.39 Å². The highest BCUT2D eigenvalue weighted by atomic mass is 79.9. The summed E-state index contributed by atoms with van der Waals surface area (Å²) in [6.07, 6.45) is 3.45. The van der Waals surface area contributed by atoms with Crippen molar-refractivity contribution in [3.63, 3.8) is 0 Å². The van der Waals surface area contributed by atoms with Crippen molar-refractivity contribution >= 4 is 39.1 Å². The van der Waals surface area contributed by atoms with Crippen LogP contribution in [0, 0.1) is 11.7 Å². The Morgan fingerprint density at radius 1 is 1.60 bits per heavy atom. The molecule has 1 N–H and O–H groups in total. The second kappa shape index (κ2) is 6.37. The highest BCUT2D eigenvalue weighted by Gasteiger charge is 2.15. The summed E-state index contributed by atoms with van der Waals surface area (Å²) in [6, 6.07) is 4.07. The summed E-state index contributed by atoms with van der Waals surface area (Å²) in [5.74, 6) is -0.982. The molecule has 0 spiro atoms. The molecule has 1 atom stereocenters. The number of nitrogens with one attached hydrogen (secondary N) is 1. The fraction of sp³-hybridized carbons (Fsp3) is 0.231. The van der Waals surface area contributed by atoms with Crippen LogP contribution in [0.3, 0.4) is 0 Å². The summed E-state index contributed by atoms with van der Waals surface area (Å²) in [5, 5.41) is 6.76. The Labute approximate surface area is 129 Å². The molecule has 2 aromatic rings. The summed E-state index contributed by atoms with van der Waals surface area (Å²) in [7, 11) is 0. The molecule has 7 heteroatoms. The van der Waals surface area contributed by atoms with Gasteiger partial charge in [0.25, 0.3) is 0 Å². The summed E-state index contributed by atoms with van der Waals surface area (Å²) in [5.41, 5.74) is 0.467. The minimum Gasteiger partial charge on any atom is -0.326 e. The molecule has 1 aromatic heterocycles. The van der Waals surface area contributed by atoms with Crippen LogP contribution in [0.15, 0.2) is 35.1 Å². The van der Waals surface area contributed by atoms with Crippen LogP contribution in [0.5, 0.6) is 0 Å². The van der Waals surface area contributed by atoms with Gasteiger partial charge in [0.15, 0.2) is 0 Å². The van der Waals surface area contributed by atoms with Crippen molar-refractivity contribution in [1.29, 1.82) is 0 Å². The van der Waals surface area contributed by atoms with E-state index < -0.39 is 5.82 Å². The monoisotopic (exact) mass is 359 g/mol. The molecule has 2 rings (SSSR count).